The zero-order valence-electron chi connectivity index (χ0n) is 54.5. The molecule has 0 aromatic carbocycles. The van der Waals surface area contributed by atoms with E-state index in [1.165, 1.54) is 109 Å². The maximum atomic E-state index is 13.0. The van der Waals surface area contributed by atoms with Crippen molar-refractivity contribution in [3.05, 3.63) is 0 Å². The first-order valence-corrected chi connectivity index (χ1v) is 36.7. The van der Waals surface area contributed by atoms with Gasteiger partial charge < -0.3 is 33.8 Å². The Morgan fingerprint density at radius 2 is 0.500 bits per heavy atom. The van der Waals surface area contributed by atoms with Gasteiger partial charge in [-0.25, -0.2) is 9.13 Å². The third-order valence-electron chi connectivity index (χ3n) is 14.8. The van der Waals surface area contributed by atoms with Gasteiger partial charge in [-0.3, -0.25) is 37.3 Å². The van der Waals surface area contributed by atoms with Crippen LogP contribution in [0.25, 0.3) is 0 Å². The van der Waals surface area contributed by atoms with E-state index in [-0.39, 0.29) is 25.7 Å². The van der Waals surface area contributed by atoms with Crippen LogP contribution >= 0.6 is 15.6 Å². The minimum Gasteiger partial charge on any atom is -0.462 e. The topological polar surface area (TPSA) is 237 Å². The Morgan fingerprint density at radius 1 is 0.298 bits per heavy atom. The van der Waals surface area contributed by atoms with Crippen LogP contribution in [0, 0.1) is 23.7 Å². The van der Waals surface area contributed by atoms with Crippen molar-refractivity contribution in [2.75, 3.05) is 39.6 Å². The molecule has 0 saturated carbocycles. The van der Waals surface area contributed by atoms with Gasteiger partial charge in [0.2, 0.25) is 0 Å². The molecule has 498 valence electrons. The average Bonchev–Trinajstić information content (AvgIpc) is 3.47. The molecule has 2 unspecified atom stereocenters. The normalized spacial score (nSPS) is 14.4. The number of phosphoric acid groups is 2. The van der Waals surface area contributed by atoms with Crippen LogP contribution < -0.4 is 0 Å². The first kappa shape index (κ1) is 82.1. The minimum atomic E-state index is -4.95. The number of esters is 4. The van der Waals surface area contributed by atoms with E-state index in [1.54, 1.807) is 0 Å². The van der Waals surface area contributed by atoms with E-state index in [1.807, 2.05) is 0 Å². The molecule has 0 aromatic heterocycles. The van der Waals surface area contributed by atoms with Crippen LogP contribution in [-0.4, -0.2) is 96.7 Å². The van der Waals surface area contributed by atoms with Crippen molar-refractivity contribution in [2.24, 2.45) is 23.7 Å². The second-order valence-electron chi connectivity index (χ2n) is 25.4. The average molecular weight is 1240 g/mol. The zero-order valence-corrected chi connectivity index (χ0v) is 56.3. The maximum absolute atomic E-state index is 13.0. The molecule has 0 saturated heterocycles. The fourth-order valence-electron chi connectivity index (χ4n) is 9.61. The summed E-state index contributed by atoms with van der Waals surface area (Å²) < 4.78 is 68.0. The van der Waals surface area contributed by atoms with Crippen LogP contribution in [0.2, 0.25) is 0 Å². The summed E-state index contributed by atoms with van der Waals surface area (Å²) in [6, 6.07) is 0. The van der Waals surface area contributed by atoms with E-state index in [0.717, 1.165) is 108 Å². The number of aliphatic hydroxyl groups is 1. The summed E-state index contributed by atoms with van der Waals surface area (Å²) >= 11 is 0. The number of ether oxygens (including phenoxy) is 4. The van der Waals surface area contributed by atoms with Crippen molar-refractivity contribution in [1.29, 1.82) is 0 Å². The van der Waals surface area contributed by atoms with Crippen LogP contribution in [0.4, 0.5) is 0 Å². The molecule has 0 rings (SSSR count). The summed E-state index contributed by atoms with van der Waals surface area (Å²) in [6.45, 7) is 13.9. The van der Waals surface area contributed by atoms with Crippen LogP contribution in [0.3, 0.4) is 0 Å². The van der Waals surface area contributed by atoms with Crippen LogP contribution in [0.5, 0.6) is 0 Å². The van der Waals surface area contributed by atoms with Gasteiger partial charge in [-0.2, -0.15) is 0 Å². The third-order valence-corrected chi connectivity index (χ3v) is 16.7. The largest absolute Gasteiger partial charge is 0.472 e. The maximum Gasteiger partial charge on any atom is 0.472 e. The molecule has 84 heavy (non-hydrogen) atoms. The summed E-state index contributed by atoms with van der Waals surface area (Å²) in [5.41, 5.74) is 0. The van der Waals surface area contributed by atoms with E-state index in [2.05, 4.69) is 55.4 Å². The van der Waals surface area contributed by atoms with E-state index in [4.69, 9.17) is 37.0 Å². The fraction of sp³-hybridized carbons (Fsp3) is 0.938. The Balaban J connectivity index is 5.25. The molecule has 19 heteroatoms. The second-order valence-corrected chi connectivity index (χ2v) is 28.3. The van der Waals surface area contributed by atoms with Gasteiger partial charge in [-0.1, -0.05) is 261 Å². The Labute approximate surface area is 511 Å². The highest BCUT2D eigenvalue weighted by molar-refractivity contribution is 7.47. The summed E-state index contributed by atoms with van der Waals surface area (Å²) in [5.74, 6) is 0.730. The molecule has 0 amide bonds. The Kier molecular flexibility index (Phi) is 53.9. The lowest BCUT2D eigenvalue weighted by Gasteiger charge is -2.21. The van der Waals surface area contributed by atoms with E-state index >= 15 is 0 Å². The van der Waals surface area contributed by atoms with Crippen molar-refractivity contribution < 1.29 is 80.2 Å². The lowest BCUT2D eigenvalue weighted by Crippen LogP contribution is -2.30. The lowest BCUT2D eigenvalue weighted by molar-refractivity contribution is -0.161. The molecular formula is C65H126O17P2. The summed E-state index contributed by atoms with van der Waals surface area (Å²) in [7, 11) is -9.89. The standard InChI is InChI=1S/C65H126O17P2/c1-55(2)41-33-25-17-12-9-10-14-20-29-37-45-62(67)75-51-60(81-64(69)47-39-31-21-15-11-13-18-26-34-42-56(3)4)53-79-83(71,72)77-49-59(66)50-78-84(73,74)80-54-61(52-76-63(68)46-38-30-24-23-28-36-44-58(7)8)82-65(70)48-40-32-22-16-19-27-35-43-57(5)6/h55-61,66H,9-54H2,1-8H3,(H,71,72)(H,73,74)/t59-,60-,61-/m1/s1. The van der Waals surface area contributed by atoms with Gasteiger partial charge >= 0.3 is 39.5 Å². The van der Waals surface area contributed by atoms with E-state index < -0.39 is 97.5 Å². The molecule has 0 aliphatic rings. The van der Waals surface area contributed by atoms with E-state index in [9.17, 15) is 43.2 Å². The predicted octanol–water partition coefficient (Wildman–Crippen LogP) is 17.8. The van der Waals surface area contributed by atoms with E-state index in [0.29, 0.717) is 37.5 Å². The van der Waals surface area contributed by atoms with Crippen molar-refractivity contribution in [3.8, 4) is 0 Å². The molecule has 0 aliphatic carbocycles. The Morgan fingerprint density at radius 3 is 0.738 bits per heavy atom. The minimum absolute atomic E-state index is 0.102. The van der Waals surface area contributed by atoms with Crippen molar-refractivity contribution in [3.63, 3.8) is 0 Å². The summed E-state index contributed by atoms with van der Waals surface area (Å²) in [4.78, 5) is 72.2. The highest BCUT2D eigenvalue weighted by Crippen LogP contribution is 2.45. The van der Waals surface area contributed by atoms with Gasteiger partial charge in [0.1, 0.15) is 19.3 Å². The number of aliphatic hydroxyl groups excluding tert-OH is 1. The Bertz CT molecular complexity index is 1680. The number of phosphoric ester groups is 2. The van der Waals surface area contributed by atoms with Gasteiger partial charge in [-0.15, -0.1) is 0 Å². The third kappa shape index (κ3) is 59.0. The van der Waals surface area contributed by atoms with Crippen LogP contribution in [-0.2, 0) is 65.4 Å². The van der Waals surface area contributed by atoms with Gasteiger partial charge in [0.25, 0.3) is 0 Å². The molecule has 0 fully saturated rings. The van der Waals surface area contributed by atoms with Crippen molar-refractivity contribution in [2.45, 2.75) is 331 Å². The number of unbranched alkanes of at least 4 members (excludes halogenated alkanes) is 28. The predicted molar refractivity (Wildman–Crippen MR) is 335 cm³/mol. The SMILES string of the molecule is CC(C)CCCCCCCCCCCCC(=O)OC[C@H](COP(=O)(O)OC[C@@H](O)COP(=O)(O)OC[C@@H](COC(=O)CCCCCCCCC(C)C)OC(=O)CCCCCCCCCC(C)C)OC(=O)CCCCCCCCCCCC(C)C. The number of rotatable bonds is 62. The van der Waals surface area contributed by atoms with Gasteiger partial charge in [0.15, 0.2) is 12.2 Å². The molecule has 17 nitrogen and oxygen atoms in total. The highest BCUT2D eigenvalue weighted by atomic mass is 31.2. The molecular weight excluding hydrogens is 1110 g/mol. The monoisotopic (exact) mass is 1240 g/mol. The van der Waals surface area contributed by atoms with Gasteiger partial charge in [0.05, 0.1) is 26.4 Å². The van der Waals surface area contributed by atoms with Crippen LogP contribution in [0.15, 0.2) is 0 Å². The first-order valence-electron chi connectivity index (χ1n) is 33.7. The second kappa shape index (κ2) is 55.2. The Hall–Kier alpha value is -1.94. The van der Waals surface area contributed by atoms with Crippen molar-refractivity contribution >= 4 is 39.5 Å². The number of hydrogen-bond acceptors (Lipinski definition) is 15. The smallest absolute Gasteiger partial charge is 0.462 e. The molecule has 5 atom stereocenters. The number of carbonyl (C=O) groups excluding carboxylic acids is 4. The highest BCUT2D eigenvalue weighted by Gasteiger charge is 2.30. The van der Waals surface area contributed by atoms with Gasteiger partial charge in [0, 0.05) is 25.7 Å². The fourth-order valence-corrected chi connectivity index (χ4v) is 11.2. The molecule has 0 aliphatic heterocycles. The number of hydrogen-bond donors (Lipinski definition) is 3. The van der Waals surface area contributed by atoms with Gasteiger partial charge in [-0.05, 0) is 49.4 Å². The summed E-state index contributed by atoms with van der Waals surface area (Å²) in [5, 5.41) is 10.5. The quantitative estimate of drug-likeness (QED) is 0.0222. The summed E-state index contributed by atoms with van der Waals surface area (Å²) in [6.07, 6.45) is 35.1. The molecule has 3 N–H and O–H groups in total. The van der Waals surface area contributed by atoms with Crippen LogP contribution in [0.1, 0.15) is 312 Å². The number of carbonyl (C=O) groups is 4. The zero-order chi connectivity index (χ0) is 62.5. The molecule has 0 radical (unpaired) electrons. The molecule has 0 aromatic rings. The first-order chi connectivity index (χ1) is 40.1. The molecule has 0 spiro atoms. The lowest BCUT2D eigenvalue weighted by atomic mass is 10.0. The molecule has 0 bridgehead atoms. The van der Waals surface area contributed by atoms with Crippen molar-refractivity contribution in [1.82, 2.24) is 0 Å². The molecule has 0 heterocycles.